The first-order valence-corrected chi connectivity index (χ1v) is 7.56. The van der Waals surface area contributed by atoms with E-state index in [0.717, 1.165) is 12.1 Å². The molecule has 25 heavy (non-hydrogen) atoms. The summed E-state index contributed by atoms with van der Waals surface area (Å²) in [4.78, 5) is 26.5. The van der Waals surface area contributed by atoms with Gasteiger partial charge in [-0.1, -0.05) is 6.07 Å². The quantitative estimate of drug-likeness (QED) is 0.905. The van der Waals surface area contributed by atoms with E-state index in [-0.39, 0.29) is 18.1 Å². The summed E-state index contributed by atoms with van der Waals surface area (Å²) < 4.78 is 27.4. The summed E-state index contributed by atoms with van der Waals surface area (Å²) in [5.74, 6) is -2.05. The molecule has 0 heterocycles. The van der Waals surface area contributed by atoms with Gasteiger partial charge in [0.2, 0.25) is 5.91 Å². The summed E-state index contributed by atoms with van der Waals surface area (Å²) in [7, 11) is 4.73. The van der Waals surface area contributed by atoms with Gasteiger partial charge in [-0.05, 0) is 36.4 Å². The highest BCUT2D eigenvalue weighted by Crippen LogP contribution is 2.21. The van der Waals surface area contributed by atoms with Crippen molar-refractivity contribution in [3.63, 3.8) is 0 Å². The average Bonchev–Trinajstić information content (AvgIpc) is 2.54. The molecule has 132 valence electrons. The number of halogens is 2. The summed E-state index contributed by atoms with van der Waals surface area (Å²) in [6.07, 6.45) is 0. The fourth-order valence-electron chi connectivity index (χ4n) is 2.30. The van der Waals surface area contributed by atoms with Gasteiger partial charge in [-0.15, -0.1) is 0 Å². The topological polar surface area (TPSA) is 52.7 Å². The maximum atomic E-state index is 13.7. The largest absolute Gasteiger partial charge is 0.361 e. The van der Waals surface area contributed by atoms with E-state index >= 15 is 0 Å². The van der Waals surface area contributed by atoms with Crippen LogP contribution in [0.3, 0.4) is 0 Å². The van der Waals surface area contributed by atoms with Crippen LogP contribution >= 0.6 is 0 Å². The van der Waals surface area contributed by atoms with Crippen LogP contribution in [0.15, 0.2) is 42.5 Å². The zero-order valence-electron chi connectivity index (χ0n) is 14.2. The molecule has 1 N–H and O–H groups in total. The molecule has 0 aliphatic heterocycles. The molecule has 5 nitrogen and oxygen atoms in total. The van der Waals surface area contributed by atoms with E-state index in [1.165, 1.54) is 22.9 Å². The van der Waals surface area contributed by atoms with E-state index in [0.29, 0.717) is 11.3 Å². The summed E-state index contributed by atoms with van der Waals surface area (Å²) >= 11 is 0. The Morgan fingerprint density at radius 2 is 1.52 bits per heavy atom. The van der Waals surface area contributed by atoms with E-state index in [4.69, 9.17) is 0 Å². The van der Waals surface area contributed by atoms with Gasteiger partial charge in [0, 0.05) is 32.4 Å². The fourth-order valence-corrected chi connectivity index (χ4v) is 2.30. The van der Waals surface area contributed by atoms with Gasteiger partial charge in [-0.2, -0.15) is 0 Å². The van der Waals surface area contributed by atoms with Gasteiger partial charge in [0.05, 0.1) is 6.54 Å². The van der Waals surface area contributed by atoms with Crippen molar-refractivity contribution in [3.05, 3.63) is 59.7 Å². The predicted octanol–water partition coefficient (Wildman–Crippen LogP) is 2.74. The second-order valence-electron chi connectivity index (χ2n) is 5.75. The van der Waals surface area contributed by atoms with Crippen LogP contribution in [0, 0.1) is 11.6 Å². The summed E-state index contributed by atoms with van der Waals surface area (Å²) in [5, 5.41) is 2.63. The van der Waals surface area contributed by atoms with E-state index in [1.807, 2.05) is 0 Å². The minimum absolute atomic E-state index is 0.146. The number of hydrogen-bond acceptors (Lipinski definition) is 3. The summed E-state index contributed by atoms with van der Waals surface area (Å²) in [6.45, 7) is -0.226. The molecule has 0 aliphatic carbocycles. The smallest absolute Gasteiger partial charge is 0.253 e. The molecule has 0 saturated heterocycles. The SMILES string of the molecule is CN(C)C(=O)c1ccc(NC(=O)CN(C)c2c(F)cccc2F)cc1. The number of nitrogens with zero attached hydrogens (tertiary/aromatic N) is 2. The number of carbonyl (C=O) groups is 2. The van der Waals surface area contributed by atoms with Crippen LogP contribution in [0.4, 0.5) is 20.2 Å². The molecule has 0 radical (unpaired) electrons. The van der Waals surface area contributed by atoms with Crippen LogP contribution in [0.1, 0.15) is 10.4 Å². The van der Waals surface area contributed by atoms with Crippen molar-refractivity contribution in [1.29, 1.82) is 0 Å². The normalized spacial score (nSPS) is 10.3. The van der Waals surface area contributed by atoms with Crippen LogP contribution in [-0.2, 0) is 4.79 Å². The lowest BCUT2D eigenvalue weighted by molar-refractivity contribution is -0.114. The highest BCUT2D eigenvalue weighted by atomic mass is 19.1. The maximum Gasteiger partial charge on any atom is 0.253 e. The van der Waals surface area contributed by atoms with Crippen LogP contribution in [-0.4, -0.2) is 44.4 Å². The Hall–Kier alpha value is -2.96. The van der Waals surface area contributed by atoms with Gasteiger partial charge >= 0.3 is 0 Å². The van der Waals surface area contributed by atoms with Gasteiger partial charge in [-0.3, -0.25) is 9.59 Å². The molecule has 0 aromatic heterocycles. The van der Waals surface area contributed by atoms with Crippen molar-refractivity contribution < 1.29 is 18.4 Å². The molecule has 2 aromatic carbocycles. The van der Waals surface area contributed by atoms with Crippen LogP contribution in [0.5, 0.6) is 0 Å². The minimum Gasteiger partial charge on any atom is -0.361 e. The maximum absolute atomic E-state index is 13.7. The van der Waals surface area contributed by atoms with E-state index < -0.39 is 17.5 Å². The molecule has 2 aromatic rings. The number of para-hydroxylation sites is 1. The van der Waals surface area contributed by atoms with Crippen LogP contribution < -0.4 is 10.2 Å². The first-order chi connectivity index (χ1) is 11.8. The molecule has 0 saturated carbocycles. The van der Waals surface area contributed by atoms with Gasteiger partial charge < -0.3 is 15.1 Å². The average molecular weight is 347 g/mol. The lowest BCUT2D eigenvalue weighted by Gasteiger charge is -2.20. The van der Waals surface area contributed by atoms with Crippen molar-refractivity contribution in [2.75, 3.05) is 37.9 Å². The number of anilines is 2. The molecular weight excluding hydrogens is 328 g/mol. The Kier molecular flexibility index (Phi) is 5.69. The highest BCUT2D eigenvalue weighted by molar-refractivity contribution is 5.96. The Morgan fingerprint density at radius 3 is 2.04 bits per heavy atom. The Morgan fingerprint density at radius 1 is 0.960 bits per heavy atom. The second-order valence-corrected chi connectivity index (χ2v) is 5.75. The molecule has 0 unspecified atom stereocenters. The monoisotopic (exact) mass is 347 g/mol. The van der Waals surface area contributed by atoms with E-state index in [2.05, 4.69) is 5.32 Å². The predicted molar refractivity (Wildman–Crippen MR) is 92.7 cm³/mol. The minimum atomic E-state index is -0.734. The third-order valence-electron chi connectivity index (χ3n) is 3.52. The van der Waals surface area contributed by atoms with Gasteiger partial charge in [0.25, 0.3) is 5.91 Å². The molecule has 0 atom stereocenters. The van der Waals surface area contributed by atoms with E-state index in [1.54, 1.807) is 38.4 Å². The third kappa shape index (κ3) is 4.53. The van der Waals surface area contributed by atoms with Crippen molar-refractivity contribution in [2.45, 2.75) is 0 Å². The first-order valence-electron chi connectivity index (χ1n) is 7.56. The molecule has 2 amide bonds. The zero-order valence-corrected chi connectivity index (χ0v) is 14.2. The number of rotatable bonds is 5. The van der Waals surface area contributed by atoms with Crippen molar-refractivity contribution in [3.8, 4) is 0 Å². The van der Waals surface area contributed by atoms with Crippen molar-refractivity contribution >= 4 is 23.2 Å². The number of carbonyl (C=O) groups excluding carboxylic acids is 2. The third-order valence-corrected chi connectivity index (χ3v) is 3.52. The number of hydrogen-bond donors (Lipinski definition) is 1. The molecule has 0 fully saturated rings. The molecule has 0 spiro atoms. The van der Waals surface area contributed by atoms with Gasteiger partial charge in [-0.25, -0.2) is 8.78 Å². The number of likely N-dealkylation sites (N-methyl/N-ethyl adjacent to an activating group) is 1. The number of nitrogens with one attached hydrogen (secondary N) is 1. The Bertz CT molecular complexity index is 756. The Labute approximate surface area is 144 Å². The molecule has 0 bridgehead atoms. The fraction of sp³-hybridized carbons (Fsp3) is 0.222. The first kappa shape index (κ1) is 18.4. The summed E-state index contributed by atoms with van der Waals surface area (Å²) in [5.41, 5.74) is 0.723. The second kappa shape index (κ2) is 7.74. The van der Waals surface area contributed by atoms with E-state index in [9.17, 15) is 18.4 Å². The van der Waals surface area contributed by atoms with Crippen LogP contribution in [0.25, 0.3) is 0 Å². The Balaban J connectivity index is 2.01. The van der Waals surface area contributed by atoms with Crippen LogP contribution in [0.2, 0.25) is 0 Å². The highest BCUT2D eigenvalue weighted by Gasteiger charge is 2.16. The molecule has 7 heteroatoms. The van der Waals surface area contributed by atoms with Crippen molar-refractivity contribution in [1.82, 2.24) is 4.90 Å². The lowest BCUT2D eigenvalue weighted by Crippen LogP contribution is -2.31. The summed E-state index contributed by atoms with van der Waals surface area (Å²) in [6, 6.07) is 9.91. The van der Waals surface area contributed by atoms with Gasteiger partial charge in [0.15, 0.2) is 0 Å². The number of amides is 2. The molecule has 0 aliphatic rings. The number of benzene rings is 2. The lowest BCUT2D eigenvalue weighted by atomic mass is 10.2. The molecule has 2 rings (SSSR count). The van der Waals surface area contributed by atoms with Crippen molar-refractivity contribution in [2.24, 2.45) is 0 Å². The molecular formula is C18H19F2N3O2. The standard InChI is InChI=1S/C18H19F2N3O2/c1-22(2)18(25)12-7-9-13(10-8-12)21-16(24)11-23(3)17-14(19)5-4-6-15(17)20/h4-10H,11H2,1-3H3,(H,21,24). The van der Waals surface area contributed by atoms with Gasteiger partial charge in [0.1, 0.15) is 17.3 Å². The zero-order chi connectivity index (χ0) is 18.6.